The maximum Gasteiger partial charge on any atom is 0.186 e. The Balaban J connectivity index is 2.32. The SMILES string of the molecule is CCCCOC1O[C@H](CO)[C@@H](O)[C@@H]1O. The molecular weight excluding hydrogens is 188 g/mol. The Labute approximate surface area is 83.3 Å². The van der Waals surface area contributed by atoms with Crippen LogP contribution in [0.1, 0.15) is 19.8 Å². The summed E-state index contributed by atoms with van der Waals surface area (Å²) in [6, 6.07) is 0. The Hall–Kier alpha value is -0.200. The summed E-state index contributed by atoms with van der Waals surface area (Å²) in [4.78, 5) is 0. The van der Waals surface area contributed by atoms with Crippen LogP contribution in [0.3, 0.4) is 0 Å². The van der Waals surface area contributed by atoms with Crippen molar-refractivity contribution in [1.82, 2.24) is 0 Å². The van der Waals surface area contributed by atoms with Gasteiger partial charge in [0.25, 0.3) is 0 Å². The molecule has 5 nitrogen and oxygen atoms in total. The fraction of sp³-hybridized carbons (Fsp3) is 1.00. The molecule has 1 saturated heterocycles. The molecule has 0 bridgehead atoms. The Morgan fingerprint density at radius 1 is 1.29 bits per heavy atom. The molecule has 0 aromatic carbocycles. The molecule has 1 unspecified atom stereocenters. The van der Waals surface area contributed by atoms with Gasteiger partial charge in [-0.05, 0) is 6.42 Å². The number of hydrogen-bond donors (Lipinski definition) is 3. The zero-order chi connectivity index (χ0) is 10.6. The van der Waals surface area contributed by atoms with E-state index < -0.39 is 24.6 Å². The minimum Gasteiger partial charge on any atom is -0.394 e. The average Bonchev–Trinajstić information content (AvgIpc) is 2.46. The van der Waals surface area contributed by atoms with Crippen LogP contribution in [0, 0.1) is 0 Å². The van der Waals surface area contributed by atoms with Gasteiger partial charge in [0.15, 0.2) is 6.29 Å². The van der Waals surface area contributed by atoms with Gasteiger partial charge in [-0.25, -0.2) is 0 Å². The van der Waals surface area contributed by atoms with Crippen molar-refractivity contribution in [1.29, 1.82) is 0 Å². The molecule has 0 spiro atoms. The van der Waals surface area contributed by atoms with Crippen molar-refractivity contribution < 1.29 is 24.8 Å². The van der Waals surface area contributed by atoms with Crippen LogP contribution >= 0.6 is 0 Å². The molecule has 3 N–H and O–H groups in total. The lowest BCUT2D eigenvalue weighted by Crippen LogP contribution is -2.34. The Kier molecular flexibility index (Phi) is 4.77. The van der Waals surface area contributed by atoms with E-state index in [0.717, 1.165) is 12.8 Å². The summed E-state index contributed by atoms with van der Waals surface area (Å²) in [5.74, 6) is 0. The molecule has 5 heteroatoms. The highest BCUT2D eigenvalue weighted by Gasteiger charge is 2.42. The molecule has 84 valence electrons. The fourth-order valence-corrected chi connectivity index (χ4v) is 1.35. The minimum atomic E-state index is -1.07. The van der Waals surface area contributed by atoms with Crippen molar-refractivity contribution in [2.24, 2.45) is 0 Å². The first-order chi connectivity index (χ1) is 6.70. The highest BCUT2D eigenvalue weighted by atomic mass is 16.7. The van der Waals surface area contributed by atoms with Crippen molar-refractivity contribution in [2.45, 2.75) is 44.4 Å². The van der Waals surface area contributed by atoms with Crippen LogP contribution < -0.4 is 0 Å². The Bertz CT molecular complexity index is 163. The number of aliphatic hydroxyl groups is 3. The van der Waals surface area contributed by atoms with Crippen molar-refractivity contribution in [3.8, 4) is 0 Å². The molecule has 1 aliphatic rings. The van der Waals surface area contributed by atoms with Gasteiger partial charge in [-0.2, -0.15) is 0 Å². The molecule has 1 heterocycles. The summed E-state index contributed by atoms with van der Waals surface area (Å²) in [7, 11) is 0. The monoisotopic (exact) mass is 206 g/mol. The van der Waals surface area contributed by atoms with Gasteiger partial charge in [-0.1, -0.05) is 13.3 Å². The normalized spacial score (nSPS) is 37.7. The topological polar surface area (TPSA) is 79.2 Å². The largest absolute Gasteiger partial charge is 0.394 e. The zero-order valence-electron chi connectivity index (χ0n) is 8.30. The number of aliphatic hydroxyl groups excluding tert-OH is 3. The lowest BCUT2D eigenvalue weighted by Gasteiger charge is -2.14. The second-order valence-electron chi connectivity index (χ2n) is 3.43. The van der Waals surface area contributed by atoms with E-state index in [1.807, 2.05) is 6.92 Å². The minimum absolute atomic E-state index is 0.314. The van der Waals surface area contributed by atoms with E-state index >= 15 is 0 Å². The summed E-state index contributed by atoms with van der Waals surface area (Å²) < 4.78 is 10.3. The molecule has 0 saturated carbocycles. The third-order valence-corrected chi connectivity index (χ3v) is 2.28. The average molecular weight is 206 g/mol. The smallest absolute Gasteiger partial charge is 0.186 e. The second kappa shape index (κ2) is 5.63. The van der Waals surface area contributed by atoms with Crippen molar-refractivity contribution in [3.05, 3.63) is 0 Å². The van der Waals surface area contributed by atoms with Crippen molar-refractivity contribution in [3.63, 3.8) is 0 Å². The van der Waals surface area contributed by atoms with E-state index in [9.17, 15) is 10.2 Å². The van der Waals surface area contributed by atoms with Gasteiger partial charge >= 0.3 is 0 Å². The van der Waals surface area contributed by atoms with Gasteiger partial charge in [0.05, 0.1) is 6.61 Å². The van der Waals surface area contributed by atoms with Gasteiger partial charge < -0.3 is 24.8 Å². The van der Waals surface area contributed by atoms with Crippen LogP contribution in [0.25, 0.3) is 0 Å². The first kappa shape index (κ1) is 11.9. The maximum atomic E-state index is 9.45. The van der Waals surface area contributed by atoms with E-state index in [1.165, 1.54) is 0 Å². The first-order valence-corrected chi connectivity index (χ1v) is 4.94. The Morgan fingerprint density at radius 2 is 2.00 bits per heavy atom. The summed E-state index contributed by atoms with van der Waals surface area (Å²) in [5, 5.41) is 27.6. The van der Waals surface area contributed by atoms with Gasteiger partial charge in [-0.3, -0.25) is 0 Å². The first-order valence-electron chi connectivity index (χ1n) is 4.94. The molecule has 14 heavy (non-hydrogen) atoms. The summed E-state index contributed by atoms with van der Waals surface area (Å²) >= 11 is 0. The van der Waals surface area contributed by atoms with Gasteiger partial charge in [0.2, 0.25) is 0 Å². The lowest BCUT2D eigenvalue weighted by molar-refractivity contribution is -0.169. The fourth-order valence-electron chi connectivity index (χ4n) is 1.35. The second-order valence-corrected chi connectivity index (χ2v) is 3.43. The summed E-state index contributed by atoms with van der Waals surface area (Å²) in [6.45, 7) is 2.20. The molecular formula is C9H18O5. The zero-order valence-corrected chi connectivity index (χ0v) is 8.30. The van der Waals surface area contributed by atoms with Crippen LogP contribution in [0.5, 0.6) is 0 Å². The predicted octanol–water partition coefficient (Wildman–Crippen LogP) is -0.758. The predicted molar refractivity (Wildman–Crippen MR) is 48.6 cm³/mol. The lowest BCUT2D eigenvalue weighted by atomic mass is 10.1. The highest BCUT2D eigenvalue weighted by molar-refractivity contribution is 4.86. The van der Waals surface area contributed by atoms with Crippen LogP contribution in [-0.4, -0.2) is 53.1 Å². The van der Waals surface area contributed by atoms with Gasteiger partial charge in [0.1, 0.15) is 18.3 Å². The molecule has 1 rings (SSSR count). The molecule has 4 atom stereocenters. The van der Waals surface area contributed by atoms with Gasteiger partial charge in [-0.15, -0.1) is 0 Å². The molecule has 1 aliphatic heterocycles. The number of ether oxygens (including phenoxy) is 2. The maximum absolute atomic E-state index is 9.45. The van der Waals surface area contributed by atoms with Crippen LogP contribution in [0.4, 0.5) is 0 Å². The molecule has 0 radical (unpaired) electrons. The quantitative estimate of drug-likeness (QED) is 0.515. The molecule has 0 aliphatic carbocycles. The Morgan fingerprint density at radius 3 is 2.50 bits per heavy atom. The number of unbranched alkanes of at least 4 members (excludes halogenated alkanes) is 1. The third-order valence-electron chi connectivity index (χ3n) is 2.28. The van der Waals surface area contributed by atoms with Crippen LogP contribution in [-0.2, 0) is 9.47 Å². The summed E-state index contributed by atoms with van der Waals surface area (Å²) in [6.07, 6.45) is -1.80. The highest BCUT2D eigenvalue weighted by Crippen LogP contribution is 2.21. The van der Waals surface area contributed by atoms with E-state index in [-0.39, 0.29) is 6.61 Å². The number of hydrogen-bond acceptors (Lipinski definition) is 5. The third kappa shape index (κ3) is 2.65. The summed E-state index contributed by atoms with van der Waals surface area (Å²) in [5.41, 5.74) is 0. The van der Waals surface area contributed by atoms with E-state index in [1.54, 1.807) is 0 Å². The van der Waals surface area contributed by atoms with Crippen LogP contribution in [0.15, 0.2) is 0 Å². The molecule has 0 aromatic rings. The molecule has 1 fully saturated rings. The molecule has 0 amide bonds. The van der Waals surface area contributed by atoms with Crippen molar-refractivity contribution >= 4 is 0 Å². The molecule has 0 aromatic heterocycles. The van der Waals surface area contributed by atoms with E-state index in [2.05, 4.69) is 0 Å². The van der Waals surface area contributed by atoms with E-state index in [0.29, 0.717) is 6.61 Å². The van der Waals surface area contributed by atoms with E-state index in [4.69, 9.17) is 14.6 Å². The standard InChI is InChI=1S/C9H18O5/c1-2-3-4-13-9-8(12)7(11)6(5-10)14-9/h6-12H,2-5H2,1H3/t6-,7-,8+,9?/m1/s1. The van der Waals surface area contributed by atoms with Crippen molar-refractivity contribution in [2.75, 3.05) is 13.2 Å². The van der Waals surface area contributed by atoms with Gasteiger partial charge in [0, 0.05) is 6.61 Å². The van der Waals surface area contributed by atoms with Crippen LogP contribution in [0.2, 0.25) is 0 Å². The number of rotatable bonds is 5.